The summed E-state index contributed by atoms with van der Waals surface area (Å²) in [6.07, 6.45) is 0.310. The van der Waals surface area contributed by atoms with Gasteiger partial charge in [0.05, 0.1) is 18.8 Å². The van der Waals surface area contributed by atoms with E-state index in [2.05, 4.69) is 0 Å². The molecule has 0 unspecified atom stereocenters. The largest absolute Gasteiger partial charge is 0.495 e. The Bertz CT molecular complexity index is 306. The highest BCUT2D eigenvalue weighted by molar-refractivity contribution is 6.32. The molecule has 78 valence electrons. The van der Waals surface area contributed by atoms with Crippen LogP contribution in [0.2, 0.25) is 5.02 Å². The topological polar surface area (TPSA) is 35.2 Å². The van der Waals surface area contributed by atoms with Crippen molar-refractivity contribution in [3.8, 4) is 5.75 Å². The highest BCUT2D eigenvalue weighted by atomic mass is 35.5. The Morgan fingerprint density at radius 1 is 1.57 bits per heavy atom. The zero-order chi connectivity index (χ0) is 10.6. The van der Waals surface area contributed by atoms with Crippen LogP contribution in [0.3, 0.4) is 0 Å². The molecule has 1 atom stereocenters. The fourth-order valence-corrected chi connectivity index (χ4v) is 1.39. The number of hydrogen-bond donors (Lipinski definition) is 1. The monoisotopic (exact) mass is 217 g/mol. The van der Waals surface area contributed by atoms with Crippen molar-refractivity contribution in [1.82, 2.24) is 0 Å². The zero-order valence-corrected chi connectivity index (χ0v) is 8.72. The van der Waals surface area contributed by atoms with Crippen molar-refractivity contribution < 1.29 is 9.13 Å². The van der Waals surface area contributed by atoms with Crippen molar-refractivity contribution in [3.63, 3.8) is 0 Å². The van der Waals surface area contributed by atoms with Gasteiger partial charge in [0, 0.05) is 6.04 Å². The van der Waals surface area contributed by atoms with E-state index in [0.717, 1.165) is 5.56 Å². The first-order valence-electron chi connectivity index (χ1n) is 4.34. The third kappa shape index (κ3) is 2.59. The van der Waals surface area contributed by atoms with Crippen molar-refractivity contribution in [2.45, 2.75) is 12.5 Å². The minimum Gasteiger partial charge on any atom is -0.495 e. The van der Waals surface area contributed by atoms with Gasteiger partial charge in [-0.1, -0.05) is 17.7 Å². The molecule has 0 bridgehead atoms. The van der Waals surface area contributed by atoms with Gasteiger partial charge in [-0.3, -0.25) is 4.39 Å². The Balaban J connectivity index is 2.88. The smallest absolute Gasteiger partial charge is 0.137 e. The molecule has 0 aliphatic rings. The van der Waals surface area contributed by atoms with Crippen LogP contribution in [0, 0.1) is 0 Å². The number of rotatable bonds is 4. The number of alkyl halides is 1. The molecule has 0 saturated heterocycles. The average molecular weight is 218 g/mol. The number of hydrogen-bond acceptors (Lipinski definition) is 2. The number of ether oxygens (including phenoxy) is 1. The lowest BCUT2D eigenvalue weighted by Gasteiger charge is -2.11. The van der Waals surface area contributed by atoms with Crippen molar-refractivity contribution >= 4 is 11.6 Å². The van der Waals surface area contributed by atoms with Crippen molar-refractivity contribution in [2.24, 2.45) is 5.73 Å². The van der Waals surface area contributed by atoms with Crippen LogP contribution < -0.4 is 10.5 Å². The van der Waals surface area contributed by atoms with Gasteiger partial charge in [-0.15, -0.1) is 0 Å². The first-order valence-corrected chi connectivity index (χ1v) is 4.71. The summed E-state index contributed by atoms with van der Waals surface area (Å²) in [5.41, 5.74) is 6.58. The standard InChI is InChI=1S/C10H13ClFNO/c1-14-10-6-7(2-3-8(10)11)9(13)4-5-12/h2-3,6,9H,4-5,13H2,1H3/t9-/m1/s1. The second-order valence-electron chi connectivity index (χ2n) is 2.98. The van der Waals surface area contributed by atoms with Crippen LogP contribution >= 0.6 is 11.6 Å². The second-order valence-corrected chi connectivity index (χ2v) is 3.39. The van der Waals surface area contributed by atoms with E-state index >= 15 is 0 Å². The number of halogens is 2. The van der Waals surface area contributed by atoms with Crippen LogP contribution in [0.4, 0.5) is 4.39 Å². The molecule has 1 aromatic carbocycles. The Hall–Kier alpha value is -0.800. The van der Waals surface area contributed by atoms with Gasteiger partial charge in [-0.2, -0.15) is 0 Å². The maximum Gasteiger partial charge on any atom is 0.137 e. The SMILES string of the molecule is COc1cc([C@H](N)CCF)ccc1Cl. The minimum absolute atomic E-state index is 0.300. The van der Waals surface area contributed by atoms with Crippen LogP contribution in [-0.4, -0.2) is 13.8 Å². The Morgan fingerprint density at radius 3 is 2.86 bits per heavy atom. The van der Waals surface area contributed by atoms with E-state index in [0.29, 0.717) is 17.2 Å². The third-order valence-corrected chi connectivity index (χ3v) is 2.34. The molecule has 2 nitrogen and oxygen atoms in total. The van der Waals surface area contributed by atoms with E-state index in [1.54, 1.807) is 18.2 Å². The molecule has 0 aliphatic carbocycles. The third-order valence-electron chi connectivity index (χ3n) is 2.02. The molecule has 0 aliphatic heterocycles. The van der Waals surface area contributed by atoms with Gasteiger partial charge >= 0.3 is 0 Å². The Labute approximate surface area is 87.8 Å². The van der Waals surface area contributed by atoms with Gasteiger partial charge in [-0.05, 0) is 24.1 Å². The van der Waals surface area contributed by atoms with E-state index < -0.39 is 6.67 Å². The summed E-state index contributed by atoms with van der Waals surface area (Å²) in [5.74, 6) is 0.568. The molecule has 1 rings (SSSR count). The molecule has 0 saturated carbocycles. The molecule has 2 N–H and O–H groups in total. The maximum absolute atomic E-state index is 12.1. The predicted octanol–water partition coefficient (Wildman–Crippen LogP) is 2.71. The molecule has 0 aromatic heterocycles. The second kappa shape index (κ2) is 5.17. The molecule has 0 heterocycles. The van der Waals surface area contributed by atoms with E-state index in [1.807, 2.05) is 0 Å². The van der Waals surface area contributed by atoms with Crippen LogP contribution in [0.15, 0.2) is 18.2 Å². The molecule has 0 fully saturated rings. The molecular weight excluding hydrogens is 205 g/mol. The summed E-state index contributed by atoms with van der Waals surface area (Å²) < 4.78 is 17.1. The summed E-state index contributed by atoms with van der Waals surface area (Å²) >= 11 is 5.84. The van der Waals surface area contributed by atoms with E-state index in [4.69, 9.17) is 22.1 Å². The van der Waals surface area contributed by atoms with Crippen LogP contribution in [-0.2, 0) is 0 Å². The molecule has 14 heavy (non-hydrogen) atoms. The molecular formula is C10H13ClFNO. The van der Waals surface area contributed by atoms with Crippen LogP contribution in [0.5, 0.6) is 5.75 Å². The summed E-state index contributed by atoms with van der Waals surface area (Å²) in [6.45, 7) is -0.424. The molecule has 1 aromatic rings. The number of methoxy groups -OCH3 is 1. The van der Waals surface area contributed by atoms with Crippen molar-refractivity contribution in [1.29, 1.82) is 0 Å². The summed E-state index contributed by atoms with van der Waals surface area (Å²) in [7, 11) is 1.53. The van der Waals surface area contributed by atoms with Gasteiger partial charge in [0.25, 0.3) is 0 Å². The molecule has 0 amide bonds. The quantitative estimate of drug-likeness (QED) is 0.842. The van der Waals surface area contributed by atoms with Gasteiger partial charge in [-0.25, -0.2) is 0 Å². The first-order chi connectivity index (χ1) is 6.69. The molecule has 4 heteroatoms. The number of benzene rings is 1. The van der Waals surface area contributed by atoms with Crippen LogP contribution in [0.25, 0.3) is 0 Å². The highest BCUT2D eigenvalue weighted by Gasteiger charge is 2.08. The summed E-state index contributed by atoms with van der Waals surface area (Å²) in [6, 6.07) is 4.92. The Morgan fingerprint density at radius 2 is 2.29 bits per heavy atom. The van der Waals surface area contributed by atoms with Gasteiger partial charge in [0.1, 0.15) is 5.75 Å². The Kier molecular flexibility index (Phi) is 4.17. The van der Waals surface area contributed by atoms with E-state index in [-0.39, 0.29) is 6.04 Å². The van der Waals surface area contributed by atoms with Crippen molar-refractivity contribution in [2.75, 3.05) is 13.8 Å². The van der Waals surface area contributed by atoms with Gasteiger partial charge in [0.15, 0.2) is 0 Å². The first kappa shape index (κ1) is 11.3. The van der Waals surface area contributed by atoms with Gasteiger partial charge in [0.2, 0.25) is 0 Å². The average Bonchev–Trinajstić information content (AvgIpc) is 2.19. The highest BCUT2D eigenvalue weighted by Crippen LogP contribution is 2.27. The fraction of sp³-hybridized carbons (Fsp3) is 0.400. The lowest BCUT2D eigenvalue weighted by atomic mass is 10.1. The summed E-state index contributed by atoms with van der Waals surface area (Å²) in [4.78, 5) is 0. The molecule has 0 radical (unpaired) electrons. The predicted molar refractivity (Wildman–Crippen MR) is 55.5 cm³/mol. The van der Waals surface area contributed by atoms with Crippen LogP contribution in [0.1, 0.15) is 18.0 Å². The molecule has 0 spiro atoms. The minimum atomic E-state index is -0.424. The lowest BCUT2D eigenvalue weighted by Crippen LogP contribution is -2.10. The van der Waals surface area contributed by atoms with Crippen molar-refractivity contribution in [3.05, 3.63) is 28.8 Å². The van der Waals surface area contributed by atoms with E-state index in [1.165, 1.54) is 7.11 Å². The maximum atomic E-state index is 12.1. The lowest BCUT2D eigenvalue weighted by molar-refractivity contribution is 0.412. The summed E-state index contributed by atoms with van der Waals surface area (Å²) in [5, 5.41) is 0.531. The number of nitrogens with two attached hydrogens (primary N) is 1. The normalized spacial score (nSPS) is 12.6. The fourth-order valence-electron chi connectivity index (χ4n) is 1.19. The van der Waals surface area contributed by atoms with E-state index in [9.17, 15) is 4.39 Å². The van der Waals surface area contributed by atoms with Gasteiger partial charge < -0.3 is 10.5 Å². The zero-order valence-electron chi connectivity index (χ0n) is 7.97.